The van der Waals surface area contributed by atoms with Gasteiger partial charge in [0.15, 0.2) is 0 Å². The largest absolute Gasteiger partial charge is 0.261 e. The molecule has 14 heavy (non-hydrogen) atoms. The number of rotatable bonds is 1. The molecule has 1 heterocycles. The van der Waals surface area contributed by atoms with Gasteiger partial charge in [-0.3, -0.25) is 4.98 Å². The van der Waals surface area contributed by atoms with E-state index in [4.69, 9.17) is 0 Å². The van der Waals surface area contributed by atoms with Gasteiger partial charge in [-0.2, -0.15) is 0 Å². The summed E-state index contributed by atoms with van der Waals surface area (Å²) in [6.07, 6.45) is 4.18. The van der Waals surface area contributed by atoms with Gasteiger partial charge in [-0.1, -0.05) is 47.1 Å². The highest BCUT2D eigenvalue weighted by molar-refractivity contribution is 5.11. The maximum Gasteiger partial charge on any atom is 0.0401 e. The van der Waals surface area contributed by atoms with Crippen LogP contribution >= 0.6 is 0 Å². The van der Waals surface area contributed by atoms with Crippen molar-refractivity contribution in [1.82, 2.24) is 4.98 Å². The number of aromatic nitrogens is 1. The van der Waals surface area contributed by atoms with E-state index in [0.29, 0.717) is 0 Å². The lowest BCUT2D eigenvalue weighted by Crippen LogP contribution is -1.84. The smallest absolute Gasteiger partial charge is 0.0401 e. The topological polar surface area (TPSA) is 12.9 Å². The fourth-order valence-corrected chi connectivity index (χ4v) is 0.708. The van der Waals surface area contributed by atoms with Crippen LogP contribution in [0.4, 0.5) is 0 Å². The second-order valence-corrected chi connectivity index (χ2v) is 2.89. The third kappa shape index (κ3) is 9.24. The second-order valence-electron chi connectivity index (χ2n) is 2.89. The molecule has 1 nitrogen and oxygen atoms in total. The highest BCUT2D eigenvalue weighted by Crippen LogP contribution is 1.97. The van der Waals surface area contributed by atoms with Gasteiger partial charge in [0, 0.05) is 11.9 Å². The Balaban J connectivity index is 0. The molecule has 1 aromatic heterocycles. The molecule has 0 saturated carbocycles. The monoisotopic (exact) mass is 195 g/mol. The summed E-state index contributed by atoms with van der Waals surface area (Å²) in [4.78, 5) is 4.20. The van der Waals surface area contributed by atoms with Crippen LogP contribution in [0.5, 0.6) is 0 Å². The highest BCUT2D eigenvalue weighted by Gasteiger charge is 1.86. The van der Waals surface area contributed by atoms with E-state index < -0.39 is 0 Å². The van der Waals surface area contributed by atoms with Crippen LogP contribution in [0.3, 0.4) is 0 Å². The van der Waals surface area contributed by atoms with Crippen LogP contribution in [0, 0.1) is 6.92 Å². The third-order valence-electron chi connectivity index (χ3n) is 1.33. The van der Waals surface area contributed by atoms with E-state index in [1.165, 1.54) is 17.7 Å². The lowest BCUT2D eigenvalue weighted by atomic mass is 10.2. The fraction of sp³-hybridized carbons (Fsp3) is 0.615. The van der Waals surface area contributed by atoms with Crippen LogP contribution < -0.4 is 0 Å². The number of hydrogen-bond donors (Lipinski definition) is 0. The first-order valence-electron chi connectivity index (χ1n) is 5.66. The zero-order valence-corrected chi connectivity index (χ0v) is 10.6. The Labute approximate surface area is 89.6 Å². The molecule has 0 N–H and O–H groups in total. The van der Waals surface area contributed by atoms with Crippen LogP contribution in [0.25, 0.3) is 0 Å². The molecule has 0 amide bonds. The van der Waals surface area contributed by atoms with E-state index in [2.05, 4.69) is 37.9 Å². The Morgan fingerprint density at radius 1 is 1.07 bits per heavy atom. The number of pyridine rings is 1. The molecule has 0 aliphatic carbocycles. The van der Waals surface area contributed by atoms with Crippen LogP contribution in [-0.4, -0.2) is 4.98 Å². The molecule has 1 aromatic rings. The average Bonchev–Trinajstić information content (AvgIpc) is 2.23. The van der Waals surface area contributed by atoms with Crippen LogP contribution in [0.2, 0.25) is 0 Å². The van der Waals surface area contributed by atoms with Gasteiger partial charge in [0.2, 0.25) is 0 Å². The summed E-state index contributed by atoms with van der Waals surface area (Å²) in [5, 5.41) is 0. The molecule has 0 saturated heterocycles. The summed E-state index contributed by atoms with van der Waals surface area (Å²) >= 11 is 0. The van der Waals surface area contributed by atoms with Crippen molar-refractivity contribution in [2.45, 2.75) is 54.4 Å². The van der Waals surface area contributed by atoms with E-state index in [1.807, 2.05) is 27.0 Å². The molecule has 0 aliphatic rings. The minimum Gasteiger partial charge on any atom is -0.261 e. The molecule has 0 atom stereocenters. The van der Waals surface area contributed by atoms with Gasteiger partial charge in [-0.05, 0) is 25.0 Å². The minimum atomic E-state index is 1.03. The Hall–Kier alpha value is -0.850. The zero-order chi connectivity index (χ0) is 11.4. The maximum atomic E-state index is 4.20. The van der Waals surface area contributed by atoms with Gasteiger partial charge in [0.25, 0.3) is 0 Å². The normalized spacial score (nSPS) is 7.86. The summed E-state index contributed by atoms with van der Waals surface area (Å²) in [6.45, 7) is 12.4. The second kappa shape index (κ2) is 12.2. The summed E-state index contributed by atoms with van der Waals surface area (Å²) in [5.74, 6) is 0. The van der Waals surface area contributed by atoms with Gasteiger partial charge in [0.1, 0.15) is 0 Å². The SMILES string of the molecule is CC.CCC.CCc1ccc(C)cn1. The molecule has 1 heteroatoms. The molecule has 0 aliphatic heterocycles. The first kappa shape index (κ1) is 15.6. The lowest BCUT2D eigenvalue weighted by molar-refractivity contribution is 1.03. The van der Waals surface area contributed by atoms with E-state index in [0.717, 1.165) is 6.42 Å². The molecular formula is C13H25N. The van der Waals surface area contributed by atoms with Crippen molar-refractivity contribution >= 4 is 0 Å². The molecule has 0 fully saturated rings. The summed E-state index contributed by atoms with van der Waals surface area (Å²) < 4.78 is 0. The number of hydrogen-bond acceptors (Lipinski definition) is 1. The van der Waals surface area contributed by atoms with Crippen molar-refractivity contribution in [1.29, 1.82) is 0 Å². The Kier molecular flexibility index (Phi) is 13.6. The molecule has 0 aromatic carbocycles. The third-order valence-corrected chi connectivity index (χ3v) is 1.33. The first-order valence-corrected chi connectivity index (χ1v) is 5.66. The Morgan fingerprint density at radius 2 is 1.57 bits per heavy atom. The van der Waals surface area contributed by atoms with Crippen molar-refractivity contribution in [2.75, 3.05) is 0 Å². The number of aryl methyl sites for hydroxylation is 2. The van der Waals surface area contributed by atoms with Crippen LogP contribution in [-0.2, 0) is 6.42 Å². The Morgan fingerprint density at radius 3 is 1.86 bits per heavy atom. The van der Waals surface area contributed by atoms with Gasteiger partial charge < -0.3 is 0 Å². The van der Waals surface area contributed by atoms with Gasteiger partial charge >= 0.3 is 0 Å². The lowest BCUT2D eigenvalue weighted by Gasteiger charge is -1.93. The fourth-order valence-electron chi connectivity index (χ4n) is 0.708. The van der Waals surface area contributed by atoms with E-state index in [9.17, 15) is 0 Å². The molecular weight excluding hydrogens is 170 g/mol. The first-order chi connectivity index (χ1) is 6.74. The van der Waals surface area contributed by atoms with E-state index in [1.54, 1.807) is 0 Å². The Bertz CT molecular complexity index is 189. The quantitative estimate of drug-likeness (QED) is 0.647. The predicted octanol–water partition coefficient (Wildman–Crippen LogP) is 4.39. The highest BCUT2D eigenvalue weighted by atomic mass is 14.7. The van der Waals surface area contributed by atoms with Crippen molar-refractivity contribution in [3.63, 3.8) is 0 Å². The van der Waals surface area contributed by atoms with Crippen molar-refractivity contribution in [3.8, 4) is 0 Å². The number of nitrogens with zero attached hydrogens (tertiary/aromatic N) is 1. The van der Waals surface area contributed by atoms with E-state index >= 15 is 0 Å². The van der Waals surface area contributed by atoms with Gasteiger partial charge in [-0.15, -0.1) is 0 Å². The van der Waals surface area contributed by atoms with Crippen LogP contribution in [0.15, 0.2) is 18.3 Å². The molecule has 0 spiro atoms. The minimum absolute atomic E-state index is 1.03. The van der Waals surface area contributed by atoms with Crippen molar-refractivity contribution in [2.24, 2.45) is 0 Å². The van der Waals surface area contributed by atoms with Gasteiger partial charge in [0.05, 0.1) is 0 Å². The molecule has 0 unspecified atom stereocenters. The molecule has 0 bridgehead atoms. The summed E-state index contributed by atoms with van der Waals surface area (Å²) in [7, 11) is 0. The van der Waals surface area contributed by atoms with Crippen molar-refractivity contribution in [3.05, 3.63) is 29.6 Å². The van der Waals surface area contributed by atoms with Crippen LogP contribution in [0.1, 0.15) is 52.3 Å². The van der Waals surface area contributed by atoms with E-state index in [-0.39, 0.29) is 0 Å². The predicted molar refractivity (Wildman–Crippen MR) is 65.7 cm³/mol. The summed E-state index contributed by atoms with van der Waals surface area (Å²) in [5.41, 5.74) is 2.40. The average molecular weight is 195 g/mol. The molecule has 82 valence electrons. The molecule has 1 rings (SSSR count). The maximum absolute atomic E-state index is 4.20. The van der Waals surface area contributed by atoms with Crippen molar-refractivity contribution < 1.29 is 0 Å². The zero-order valence-electron chi connectivity index (χ0n) is 10.6. The molecule has 0 radical (unpaired) electrons. The standard InChI is InChI=1S/C8H11N.C3H8.C2H6/c1-3-8-5-4-7(2)6-9-8;1-3-2;1-2/h4-6H,3H2,1-2H3;3H2,1-2H3;1-2H3. The summed E-state index contributed by atoms with van der Waals surface area (Å²) in [6, 6.07) is 4.15. The van der Waals surface area contributed by atoms with Gasteiger partial charge in [-0.25, -0.2) is 0 Å².